The van der Waals surface area contributed by atoms with Gasteiger partial charge in [0.15, 0.2) is 6.61 Å². The zero-order chi connectivity index (χ0) is 14.1. The van der Waals surface area contributed by atoms with Gasteiger partial charge in [0.25, 0.3) is 5.91 Å². The van der Waals surface area contributed by atoms with Crippen molar-refractivity contribution in [2.24, 2.45) is 0 Å². The van der Waals surface area contributed by atoms with Gasteiger partial charge in [-0.2, -0.15) is 0 Å². The van der Waals surface area contributed by atoms with Crippen molar-refractivity contribution in [3.8, 4) is 5.75 Å². The van der Waals surface area contributed by atoms with E-state index in [1.165, 1.54) is 0 Å². The highest BCUT2D eigenvalue weighted by molar-refractivity contribution is 6.31. The van der Waals surface area contributed by atoms with Crippen LogP contribution in [0.5, 0.6) is 5.75 Å². The first-order valence-electron chi connectivity index (χ1n) is 6.20. The average Bonchev–Trinajstić information content (AvgIpc) is 2.42. The van der Waals surface area contributed by atoms with Crippen molar-refractivity contribution in [2.75, 3.05) is 17.2 Å². The molecule has 1 amide bonds. The Hall–Kier alpha value is -2.20. The minimum Gasteiger partial charge on any atom is -0.482 e. The van der Waals surface area contributed by atoms with Crippen LogP contribution in [0.3, 0.4) is 0 Å². The summed E-state index contributed by atoms with van der Waals surface area (Å²) in [7, 11) is 0. The van der Waals surface area contributed by atoms with Crippen molar-refractivity contribution in [3.63, 3.8) is 0 Å². The van der Waals surface area contributed by atoms with Gasteiger partial charge in [-0.1, -0.05) is 23.7 Å². The van der Waals surface area contributed by atoms with Crippen molar-refractivity contribution < 1.29 is 9.53 Å². The third kappa shape index (κ3) is 2.42. The number of anilines is 2. The van der Waals surface area contributed by atoms with Crippen LogP contribution in [0.4, 0.5) is 11.4 Å². The lowest BCUT2D eigenvalue weighted by Gasteiger charge is -2.29. The smallest absolute Gasteiger partial charge is 0.265 e. The maximum Gasteiger partial charge on any atom is 0.265 e. The minimum absolute atomic E-state index is 0.0386. The molecule has 20 heavy (non-hydrogen) atoms. The molecule has 2 N–H and O–H groups in total. The third-order valence-corrected chi connectivity index (χ3v) is 3.39. The van der Waals surface area contributed by atoms with E-state index in [-0.39, 0.29) is 12.5 Å². The van der Waals surface area contributed by atoms with Crippen molar-refractivity contribution in [2.45, 2.75) is 6.54 Å². The van der Waals surface area contributed by atoms with Crippen LogP contribution in [-0.2, 0) is 11.3 Å². The summed E-state index contributed by atoms with van der Waals surface area (Å²) in [5.74, 6) is 0.570. The van der Waals surface area contributed by atoms with Crippen LogP contribution in [-0.4, -0.2) is 12.5 Å². The molecule has 0 atom stereocenters. The van der Waals surface area contributed by atoms with Gasteiger partial charge in [0, 0.05) is 10.7 Å². The highest BCUT2D eigenvalue weighted by Crippen LogP contribution is 2.35. The molecular formula is C15H13ClN2O2. The molecule has 102 valence electrons. The number of rotatable bonds is 2. The Morgan fingerprint density at radius 3 is 2.90 bits per heavy atom. The zero-order valence-electron chi connectivity index (χ0n) is 10.7. The van der Waals surface area contributed by atoms with Gasteiger partial charge in [-0.15, -0.1) is 0 Å². The number of fused-ring (bicyclic) bond motifs is 1. The SMILES string of the molecule is Nc1cccc(CN2C(=O)COc3ccc(Cl)cc32)c1. The van der Waals surface area contributed by atoms with E-state index in [0.717, 1.165) is 5.56 Å². The number of ether oxygens (including phenoxy) is 1. The van der Waals surface area contributed by atoms with Crippen LogP contribution in [0.15, 0.2) is 42.5 Å². The molecule has 3 rings (SSSR count). The summed E-state index contributed by atoms with van der Waals surface area (Å²) >= 11 is 6.00. The Morgan fingerprint density at radius 1 is 1.25 bits per heavy atom. The average molecular weight is 289 g/mol. The molecule has 0 radical (unpaired) electrons. The van der Waals surface area contributed by atoms with E-state index in [0.29, 0.717) is 28.7 Å². The Balaban J connectivity index is 1.97. The molecule has 0 bridgehead atoms. The number of benzene rings is 2. The Morgan fingerprint density at radius 2 is 2.10 bits per heavy atom. The molecule has 1 aliphatic heterocycles. The fourth-order valence-electron chi connectivity index (χ4n) is 2.22. The van der Waals surface area contributed by atoms with Crippen molar-refractivity contribution in [1.82, 2.24) is 0 Å². The Kier molecular flexibility index (Phi) is 3.24. The van der Waals surface area contributed by atoms with E-state index in [2.05, 4.69) is 0 Å². The van der Waals surface area contributed by atoms with Gasteiger partial charge in [0.2, 0.25) is 0 Å². The zero-order valence-corrected chi connectivity index (χ0v) is 11.4. The fourth-order valence-corrected chi connectivity index (χ4v) is 2.39. The van der Waals surface area contributed by atoms with Crippen molar-refractivity contribution >= 4 is 28.9 Å². The molecule has 0 aromatic heterocycles. The largest absolute Gasteiger partial charge is 0.482 e. The predicted octanol–water partition coefficient (Wildman–Crippen LogP) is 2.85. The van der Waals surface area contributed by atoms with E-state index >= 15 is 0 Å². The number of halogens is 1. The van der Waals surface area contributed by atoms with Gasteiger partial charge in [-0.05, 0) is 35.9 Å². The molecule has 4 nitrogen and oxygen atoms in total. The predicted molar refractivity (Wildman–Crippen MR) is 79.0 cm³/mol. The van der Waals surface area contributed by atoms with Gasteiger partial charge in [-0.25, -0.2) is 0 Å². The van der Waals surface area contributed by atoms with E-state index < -0.39 is 0 Å². The van der Waals surface area contributed by atoms with Crippen molar-refractivity contribution in [3.05, 3.63) is 53.1 Å². The summed E-state index contributed by atoms with van der Waals surface area (Å²) in [4.78, 5) is 13.8. The van der Waals surface area contributed by atoms with E-state index in [1.807, 2.05) is 24.3 Å². The third-order valence-electron chi connectivity index (χ3n) is 3.16. The molecule has 0 aliphatic carbocycles. The van der Waals surface area contributed by atoms with Crippen LogP contribution in [0, 0.1) is 0 Å². The van der Waals surface area contributed by atoms with Crippen LogP contribution in [0.25, 0.3) is 0 Å². The molecule has 5 heteroatoms. The lowest BCUT2D eigenvalue weighted by molar-refractivity contribution is -0.121. The normalized spacial score (nSPS) is 13.8. The molecule has 0 unspecified atom stereocenters. The van der Waals surface area contributed by atoms with Gasteiger partial charge < -0.3 is 15.4 Å². The molecular weight excluding hydrogens is 276 g/mol. The standard InChI is InChI=1S/C15H13ClN2O2/c16-11-4-5-14-13(7-11)18(15(19)9-20-14)8-10-2-1-3-12(17)6-10/h1-7H,8-9,17H2. The summed E-state index contributed by atoms with van der Waals surface area (Å²) in [5.41, 5.74) is 8.10. The van der Waals surface area contributed by atoms with Gasteiger partial charge in [0.1, 0.15) is 5.75 Å². The number of hydrogen-bond acceptors (Lipinski definition) is 3. The summed E-state index contributed by atoms with van der Waals surface area (Å²) in [6, 6.07) is 12.7. The maximum absolute atomic E-state index is 12.1. The number of hydrogen-bond donors (Lipinski definition) is 1. The van der Waals surface area contributed by atoms with Crippen LogP contribution < -0.4 is 15.4 Å². The van der Waals surface area contributed by atoms with Crippen LogP contribution in [0.2, 0.25) is 5.02 Å². The van der Waals surface area contributed by atoms with Gasteiger partial charge in [-0.3, -0.25) is 4.79 Å². The number of nitrogen functional groups attached to an aromatic ring is 1. The second kappa shape index (κ2) is 5.06. The lowest BCUT2D eigenvalue weighted by Crippen LogP contribution is -2.38. The van der Waals surface area contributed by atoms with E-state index in [1.54, 1.807) is 23.1 Å². The minimum atomic E-state index is -0.0952. The number of carbonyl (C=O) groups is 1. The highest BCUT2D eigenvalue weighted by atomic mass is 35.5. The summed E-state index contributed by atoms with van der Waals surface area (Å²) in [6.45, 7) is 0.484. The monoisotopic (exact) mass is 288 g/mol. The topological polar surface area (TPSA) is 55.6 Å². The van der Waals surface area contributed by atoms with Gasteiger partial charge in [0.05, 0.1) is 12.2 Å². The number of nitrogens with two attached hydrogens (primary N) is 1. The first kappa shape index (κ1) is 12.8. The molecule has 0 spiro atoms. The summed E-state index contributed by atoms with van der Waals surface area (Å²) < 4.78 is 5.41. The van der Waals surface area contributed by atoms with Crippen LogP contribution >= 0.6 is 11.6 Å². The van der Waals surface area contributed by atoms with Crippen LogP contribution in [0.1, 0.15) is 5.56 Å². The molecule has 1 aliphatic rings. The molecule has 0 fully saturated rings. The number of carbonyl (C=O) groups excluding carboxylic acids is 1. The quantitative estimate of drug-likeness (QED) is 0.865. The first-order valence-corrected chi connectivity index (χ1v) is 6.58. The second-order valence-electron chi connectivity index (χ2n) is 4.63. The van der Waals surface area contributed by atoms with Gasteiger partial charge >= 0.3 is 0 Å². The van der Waals surface area contributed by atoms with Crippen molar-refractivity contribution in [1.29, 1.82) is 0 Å². The Labute approximate surface area is 121 Å². The lowest BCUT2D eigenvalue weighted by atomic mass is 10.1. The maximum atomic E-state index is 12.1. The second-order valence-corrected chi connectivity index (χ2v) is 5.06. The van der Waals surface area contributed by atoms with E-state index in [4.69, 9.17) is 22.1 Å². The molecule has 2 aromatic rings. The fraction of sp³-hybridized carbons (Fsp3) is 0.133. The number of amides is 1. The number of nitrogens with zero attached hydrogens (tertiary/aromatic N) is 1. The Bertz CT molecular complexity index is 673. The molecule has 2 aromatic carbocycles. The highest BCUT2D eigenvalue weighted by Gasteiger charge is 2.25. The summed E-state index contributed by atoms with van der Waals surface area (Å²) in [5, 5.41) is 0.569. The molecule has 0 saturated carbocycles. The van der Waals surface area contributed by atoms with E-state index in [9.17, 15) is 4.79 Å². The first-order chi connectivity index (χ1) is 9.63. The molecule has 1 heterocycles. The molecule has 0 saturated heterocycles. The summed E-state index contributed by atoms with van der Waals surface area (Å²) in [6.07, 6.45) is 0.